The van der Waals surface area contributed by atoms with Crippen molar-refractivity contribution in [2.75, 3.05) is 13.2 Å². The van der Waals surface area contributed by atoms with Gasteiger partial charge in [0.15, 0.2) is 11.8 Å². The van der Waals surface area contributed by atoms with Crippen molar-refractivity contribution in [3.8, 4) is 17.6 Å². The quantitative estimate of drug-likeness (QED) is 0.557. The van der Waals surface area contributed by atoms with Gasteiger partial charge in [0, 0.05) is 4.90 Å². The van der Waals surface area contributed by atoms with Gasteiger partial charge in [0.05, 0.1) is 18.7 Å². The number of fused-ring (bicyclic) bond motifs is 2. The average molecular weight is 422 g/mol. The van der Waals surface area contributed by atoms with E-state index in [0.29, 0.717) is 28.5 Å². The molecule has 2 aliphatic heterocycles. The lowest BCUT2D eigenvalue weighted by molar-refractivity contribution is 0.00706. The van der Waals surface area contributed by atoms with Crippen molar-refractivity contribution in [3.63, 3.8) is 0 Å². The zero-order chi connectivity index (χ0) is 19.3. The zero-order valence-electron chi connectivity index (χ0n) is 14.4. The molecule has 2 N–H and O–H groups in total. The van der Waals surface area contributed by atoms with Crippen LogP contribution in [-0.2, 0) is 9.47 Å². The van der Waals surface area contributed by atoms with Crippen molar-refractivity contribution >= 4 is 35.4 Å². The number of halogens is 1. The number of H-pyrrole nitrogens is 1. The first-order valence-electron chi connectivity index (χ1n) is 8.68. The summed E-state index contributed by atoms with van der Waals surface area (Å²) < 4.78 is 22.7. The second-order valence-electron chi connectivity index (χ2n) is 6.61. The number of aliphatic hydroxyl groups excluding tert-OH is 1. The summed E-state index contributed by atoms with van der Waals surface area (Å²) >= 11 is 10.6. The number of thiol groups is 1. The number of nitrogens with zero attached hydrogens (tertiary/aromatic N) is 2. The SMILES string of the molecule is O[C@@H]1COC2[C@H](Oc3nc4nc(Oc5cccc(S)c5)c(Cl)cc4[nH]3)CO[C@@H]21. The van der Waals surface area contributed by atoms with E-state index >= 15 is 0 Å². The number of rotatable bonds is 4. The van der Waals surface area contributed by atoms with E-state index in [-0.39, 0.29) is 36.8 Å². The molecule has 146 valence electrons. The van der Waals surface area contributed by atoms with Gasteiger partial charge in [0.25, 0.3) is 6.01 Å². The number of hydrogen-bond acceptors (Lipinski definition) is 8. The number of ether oxygens (including phenoxy) is 4. The summed E-state index contributed by atoms with van der Waals surface area (Å²) in [7, 11) is 0. The molecule has 28 heavy (non-hydrogen) atoms. The smallest absolute Gasteiger partial charge is 0.296 e. The van der Waals surface area contributed by atoms with Crippen LogP contribution in [0, 0.1) is 0 Å². The fourth-order valence-corrected chi connectivity index (χ4v) is 3.76. The minimum absolute atomic E-state index is 0.234. The third-order valence-corrected chi connectivity index (χ3v) is 5.20. The minimum Gasteiger partial charge on any atom is -0.456 e. The second-order valence-corrected chi connectivity index (χ2v) is 7.53. The molecule has 2 aliphatic rings. The lowest BCUT2D eigenvalue weighted by Crippen LogP contribution is -2.34. The number of imidazole rings is 1. The molecule has 2 aromatic heterocycles. The molecule has 0 saturated carbocycles. The lowest BCUT2D eigenvalue weighted by atomic mass is 10.1. The first-order valence-corrected chi connectivity index (χ1v) is 9.50. The Morgan fingerprint density at radius 3 is 2.89 bits per heavy atom. The van der Waals surface area contributed by atoms with Crippen molar-refractivity contribution in [1.82, 2.24) is 15.0 Å². The summed E-state index contributed by atoms with van der Waals surface area (Å²) in [6, 6.07) is 9.16. The van der Waals surface area contributed by atoms with E-state index in [1.165, 1.54) is 0 Å². The minimum atomic E-state index is -0.634. The molecule has 0 spiro atoms. The van der Waals surface area contributed by atoms with Gasteiger partial charge in [0.2, 0.25) is 5.88 Å². The Balaban J connectivity index is 1.37. The fourth-order valence-electron chi connectivity index (χ4n) is 3.35. The molecule has 0 amide bonds. The molecule has 0 radical (unpaired) electrons. The van der Waals surface area contributed by atoms with Crippen LogP contribution < -0.4 is 9.47 Å². The van der Waals surface area contributed by atoms with Crippen LogP contribution in [0.1, 0.15) is 0 Å². The topological polar surface area (TPSA) is 98.7 Å². The van der Waals surface area contributed by atoms with Crippen LogP contribution in [0.25, 0.3) is 11.2 Å². The molecular weight excluding hydrogens is 406 g/mol. The molecule has 4 atom stereocenters. The van der Waals surface area contributed by atoms with E-state index in [1.807, 2.05) is 12.1 Å². The summed E-state index contributed by atoms with van der Waals surface area (Å²) in [6.07, 6.45) is -1.70. The van der Waals surface area contributed by atoms with E-state index in [9.17, 15) is 5.11 Å². The van der Waals surface area contributed by atoms with E-state index < -0.39 is 6.10 Å². The number of aliphatic hydroxyl groups is 1. The van der Waals surface area contributed by atoms with E-state index in [4.69, 9.17) is 30.5 Å². The van der Waals surface area contributed by atoms with Gasteiger partial charge in [-0.2, -0.15) is 9.97 Å². The van der Waals surface area contributed by atoms with Crippen LogP contribution in [0.2, 0.25) is 5.02 Å². The molecule has 5 rings (SSSR count). The zero-order valence-corrected chi connectivity index (χ0v) is 16.1. The van der Waals surface area contributed by atoms with E-state index in [1.54, 1.807) is 18.2 Å². The standard InChI is InChI=1S/C18H16ClN3O5S/c19-10-5-11-16(21-17(10)26-8-2-1-3-9(28)4-8)22-18(20-11)27-13-7-25-14-12(23)6-24-15(13)14/h1-5,12-15,23,28H,6-7H2,(H,20,21,22)/t12-,13-,14-,15?/m1/s1. The lowest BCUT2D eigenvalue weighted by Gasteiger charge is -2.15. The second kappa shape index (κ2) is 7.09. The van der Waals surface area contributed by atoms with Crippen LogP contribution in [0.3, 0.4) is 0 Å². The Morgan fingerprint density at radius 2 is 2.04 bits per heavy atom. The molecule has 0 bridgehead atoms. The molecule has 8 nitrogen and oxygen atoms in total. The van der Waals surface area contributed by atoms with Crippen molar-refractivity contribution in [1.29, 1.82) is 0 Å². The van der Waals surface area contributed by atoms with Crippen molar-refractivity contribution in [3.05, 3.63) is 35.4 Å². The van der Waals surface area contributed by atoms with Crippen LogP contribution in [0.15, 0.2) is 35.2 Å². The van der Waals surface area contributed by atoms with Gasteiger partial charge in [-0.25, -0.2) is 0 Å². The molecule has 0 aliphatic carbocycles. The number of nitrogens with one attached hydrogen (secondary N) is 1. The Bertz CT molecular complexity index is 1030. The number of benzene rings is 1. The normalized spacial score (nSPS) is 26.5. The largest absolute Gasteiger partial charge is 0.456 e. The van der Waals surface area contributed by atoms with Gasteiger partial charge in [0.1, 0.15) is 29.1 Å². The van der Waals surface area contributed by atoms with Gasteiger partial charge in [-0.1, -0.05) is 17.7 Å². The maximum absolute atomic E-state index is 9.82. The van der Waals surface area contributed by atoms with Gasteiger partial charge in [-0.3, -0.25) is 0 Å². The summed E-state index contributed by atoms with van der Waals surface area (Å²) in [6.45, 7) is 0.548. The van der Waals surface area contributed by atoms with Crippen LogP contribution >= 0.6 is 24.2 Å². The third kappa shape index (κ3) is 3.29. The highest BCUT2D eigenvalue weighted by molar-refractivity contribution is 7.80. The molecule has 10 heteroatoms. The first-order chi connectivity index (χ1) is 13.6. The highest BCUT2D eigenvalue weighted by Crippen LogP contribution is 2.33. The van der Waals surface area contributed by atoms with Gasteiger partial charge < -0.3 is 29.0 Å². The number of pyridine rings is 1. The number of aromatic nitrogens is 3. The first kappa shape index (κ1) is 18.0. The highest BCUT2D eigenvalue weighted by atomic mass is 35.5. The van der Waals surface area contributed by atoms with Crippen LogP contribution in [-0.4, -0.2) is 57.7 Å². The van der Waals surface area contributed by atoms with Crippen LogP contribution in [0.4, 0.5) is 0 Å². The molecule has 2 saturated heterocycles. The highest BCUT2D eigenvalue weighted by Gasteiger charge is 2.48. The monoisotopic (exact) mass is 421 g/mol. The van der Waals surface area contributed by atoms with Crippen molar-refractivity contribution in [2.24, 2.45) is 0 Å². The Labute approximate surface area is 170 Å². The van der Waals surface area contributed by atoms with Gasteiger partial charge >= 0.3 is 0 Å². The molecule has 2 fully saturated rings. The summed E-state index contributed by atoms with van der Waals surface area (Å²) in [4.78, 5) is 12.5. The van der Waals surface area contributed by atoms with Crippen molar-refractivity contribution < 1.29 is 24.1 Å². The Kier molecular flexibility index (Phi) is 4.56. The third-order valence-electron chi connectivity index (χ3n) is 4.65. The van der Waals surface area contributed by atoms with E-state index in [2.05, 4.69) is 27.6 Å². The fraction of sp³-hybridized carbons (Fsp3) is 0.333. The maximum atomic E-state index is 9.82. The van der Waals surface area contributed by atoms with Crippen molar-refractivity contribution in [2.45, 2.75) is 29.3 Å². The summed E-state index contributed by atoms with van der Waals surface area (Å²) in [5.74, 6) is 0.803. The predicted molar refractivity (Wildman–Crippen MR) is 103 cm³/mol. The molecule has 3 aromatic rings. The molecule has 4 heterocycles. The summed E-state index contributed by atoms with van der Waals surface area (Å²) in [5.41, 5.74) is 1.01. The average Bonchev–Trinajstić information content (AvgIpc) is 3.33. The summed E-state index contributed by atoms with van der Waals surface area (Å²) in [5, 5.41) is 10.2. The Morgan fingerprint density at radius 1 is 1.18 bits per heavy atom. The van der Waals surface area contributed by atoms with Gasteiger partial charge in [-0.05, 0) is 24.3 Å². The van der Waals surface area contributed by atoms with E-state index in [0.717, 1.165) is 4.90 Å². The molecule has 1 aromatic carbocycles. The Hall–Kier alpha value is -2.04. The molecular formula is C18H16ClN3O5S. The van der Waals surface area contributed by atoms with Crippen LogP contribution in [0.5, 0.6) is 17.6 Å². The maximum Gasteiger partial charge on any atom is 0.296 e. The van der Waals surface area contributed by atoms with Gasteiger partial charge in [-0.15, -0.1) is 12.6 Å². The molecule has 1 unspecified atom stereocenters. The number of aromatic amines is 1. The predicted octanol–water partition coefficient (Wildman–Crippen LogP) is 2.60. The number of hydrogen-bond donors (Lipinski definition) is 3.